The van der Waals surface area contributed by atoms with E-state index in [4.69, 9.17) is 0 Å². The summed E-state index contributed by atoms with van der Waals surface area (Å²) in [5.74, 6) is 0.217. The number of nitrogens with zero attached hydrogens (tertiary/aromatic N) is 1. The lowest BCUT2D eigenvalue weighted by molar-refractivity contribution is -0.121. The van der Waals surface area contributed by atoms with E-state index in [1.165, 1.54) is 19.3 Å². The summed E-state index contributed by atoms with van der Waals surface area (Å²) in [4.78, 5) is 14.1. The average molecular weight is 283 g/mol. The molecule has 1 fully saturated rings. The van der Waals surface area contributed by atoms with Crippen LogP contribution in [0.25, 0.3) is 0 Å². The van der Waals surface area contributed by atoms with Crippen molar-refractivity contribution in [3.8, 4) is 0 Å². The molecule has 1 unspecified atom stereocenters. The van der Waals surface area contributed by atoms with Crippen LogP contribution in [0.3, 0.4) is 0 Å². The van der Waals surface area contributed by atoms with E-state index >= 15 is 0 Å². The van der Waals surface area contributed by atoms with Crippen LogP contribution in [-0.2, 0) is 4.79 Å². The summed E-state index contributed by atoms with van der Waals surface area (Å²) < 4.78 is 0. The van der Waals surface area contributed by atoms with E-state index in [-0.39, 0.29) is 5.91 Å². The second-order valence-corrected chi connectivity index (χ2v) is 6.32. The molecule has 1 rings (SSSR count). The highest BCUT2D eigenvalue weighted by molar-refractivity contribution is 5.75. The molecule has 0 spiro atoms. The Bertz CT molecular complexity index is 262. The van der Waals surface area contributed by atoms with Crippen LogP contribution < -0.4 is 10.6 Å². The molecule has 0 aromatic carbocycles. The van der Waals surface area contributed by atoms with Crippen LogP contribution in [0.15, 0.2) is 0 Å². The summed E-state index contributed by atoms with van der Waals surface area (Å²) in [6.07, 6.45) is 7.71. The molecule has 1 atom stereocenters. The minimum atomic E-state index is 0.217. The van der Waals surface area contributed by atoms with Gasteiger partial charge in [0.25, 0.3) is 0 Å². The zero-order valence-electron chi connectivity index (χ0n) is 13.6. The Morgan fingerprint density at radius 2 is 2.15 bits per heavy atom. The van der Waals surface area contributed by atoms with Crippen LogP contribution in [0, 0.1) is 0 Å². The molecule has 0 aromatic rings. The van der Waals surface area contributed by atoms with Crippen LogP contribution >= 0.6 is 0 Å². The van der Waals surface area contributed by atoms with Crippen molar-refractivity contribution in [2.45, 2.75) is 70.9 Å². The summed E-state index contributed by atoms with van der Waals surface area (Å²) >= 11 is 0. The summed E-state index contributed by atoms with van der Waals surface area (Å²) in [6, 6.07) is 1.17. The third-order valence-corrected chi connectivity index (χ3v) is 4.27. The van der Waals surface area contributed by atoms with Crippen LogP contribution in [0.2, 0.25) is 0 Å². The summed E-state index contributed by atoms with van der Waals surface area (Å²) in [5.41, 5.74) is 0. The lowest BCUT2D eigenvalue weighted by Gasteiger charge is -2.23. The second-order valence-electron chi connectivity index (χ2n) is 6.32. The Hall–Kier alpha value is -0.610. The molecule has 118 valence electrons. The number of carbonyl (C=O) groups is 1. The number of hydrogen-bond donors (Lipinski definition) is 2. The molecule has 0 aliphatic carbocycles. The Balaban J connectivity index is 1.94. The van der Waals surface area contributed by atoms with Gasteiger partial charge in [-0.3, -0.25) is 4.79 Å². The SMILES string of the molecule is CC(C)N(C)CCCCNC(=O)CCC1CCCCN1. The lowest BCUT2D eigenvalue weighted by atomic mass is 10.0. The van der Waals surface area contributed by atoms with Crippen molar-refractivity contribution in [3.63, 3.8) is 0 Å². The van der Waals surface area contributed by atoms with E-state index in [9.17, 15) is 4.79 Å². The van der Waals surface area contributed by atoms with Crippen molar-refractivity contribution >= 4 is 5.91 Å². The van der Waals surface area contributed by atoms with Gasteiger partial charge in [-0.1, -0.05) is 6.42 Å². The lowest BCUT2D eigenvalue weighted by Crippen LogP contribution is -2.35. The van der Waals surface area contributed by atoms with Crippen LogP contribution in [0.1, 0.15) is 58.8 Å². The van der Waals surface area contributed by atoms with Gasteiger partial charge in [-0.25, -0.2) is 0 Å². The highest BCUT2D eigenvalue weighted by Gasteiger charge is 2.13. The third kappa shape index (κ3) is 7.85. The maximum absolute atomic E-state index is 11.7. The van der Waals surface area contributed by atoms with Gasteiger partial charge in [0.1, 0.15) is 0 Å². The van der Waals surface area contributed by atoms with Crippen molar-refractivity contribution in [3.05, 3.63) is 0 Å². The number of unbranched alkanes of at least 4 members (excludes halogenated alkanes) is 1. The molecule has 0 radical (unpaired) electrons. The minimum absolute atomic E-state index is 0.217. The maximum atomic E-state index is 11.7. The Morgan fingerprint density at radius 3 is 2.80 bits per heavy atom. The zero-order valence-corrected chi connectivity index (χ0v) is 13.6. The van der Waals surface area contributed by atoms with E-state index in [2.05, 4.69) is 36.4 Å². The van der Waals surface area contributed by atoms with Crippen LogP contribution in [0.4, 0.5) is 0 Å². The number of hydrogen-bond acceptors (Lipinski definition) is 3. The molecule has 1 saturated heterocycles. The quantitative estimate of drug-likeness (QED) is 0.637. The van der Waals surface area contributed by atoms with E-state index < -0.39 is 0 Å². The number of carbonyl (C=O) groups excluding carboxylic acids is 1. The van der Waals surface area contributed by atoms with E-state index in [0.717, 1.165) is 38.9 Å². The second kappa shape index (κ2) is 10.2. The number of piperidine rings is 1. The first-order chi connectivity index (χ1) is 9.59. The monoisotopic (exact) mass is 283 g/mol. The van der Waals surface area contributed by atoms with Gasteiger partial charge in [0, 0.05) is 25.0 Å². The highest BCUT2D eigenvalue weighted by atomic mass is 16.1. The molecule has 1 aliphatic heterocycles. The smallest absolute Gasteiger partial charge is 0.220 e. The molecule has 1 aliphatic rings. The molecular formula is C16H33N3O. The Kier molecular flexibility index (Phi) is 8.86. The molecule has 1 heterocycles. The van der Waals surface area contributed by atoms with E-state index in [1.54, 1.807) is 0 Å². The molecule has 0 aromatic heterocycles. The number of amides is 1. The van der Waals surface area contributed by atoms with Crippen molar-refractivity contribution in [2.24, 2.45) is 0 Å². The fourth-order valence-corrected chi connectivity index (χ4v) is 2.54. The van der Waals surface area contributed by atoms with Gasteiger partial charge in [-0.15, -0.1) is 0 Å². The van der Waals surface area contributed by atoms with Crippen molar-refractivity contribution in [1.82, 2.24) is 15.5 Å². The average Bonchev–Trinajstić information content (AvgIpc) is 2.45. The maximum Gasteiger partial charge on any atom is 0.220 e. The van der Waals surface area contributed by atoms with Gasteiger partial charge in [0.15, 0.2) is 0 Å². The number of rotatable bonds is 9. The molecule has 1 amide bonds. The largest absolute Gasteiger partial charge is 0.356 e. The molecule has 4 heteroatoms. The minimum Gasteiger partial charge on any atom is -0.356 e. The Labute approximate surface area is 124 Å². The first-order valence-electron chi connectivity index (χ1n) is 8.30. The molecule has 2 N–H and O–H groups in total. The Morgan fingerprint density at radius 1 is 1.35 bits per heavy atom. The zero-order chi connectivity index (χ0) is 14.8. The van der Waals surface area contributed by atoms with Crippen molar-refractivity contribution < 1.29 is 4.79 Å². The van der Waals surface area contributed by atoms with Gasteiger partial charge < -0.3 is 15.5 Å². The standard InChI is InChI=1S/C16H33N3O/c1-14(2)19(3)13-7-6-12-18-16(20)10-9-15-8-4-5-11-17-15/h14-15,17H,4-13H2,1-3H3,(H,18,20). The normalized spacial score (nSPS) is 19.6. The van der Waals surface area contributed by atoms with Gasteiger partial charge in [-0.2, -0.15) is 0 Å². The number of nitrogens with one attached hydrogen (secondary N) is 2. The van der Waals surface area contributed by atoms with E-state index in [1.807, 2.05) is 0 Å². The molecule has 20 heavy (non-hydrogen) atoms. The fourth-order valence-electron chi connectivity index (χ4n) is 2.54. The summed E-state index contributed by atoms with van der Waals surface area (Å²) in [5, 5.41) is 6.53. The van der Waals surface area contributed by atoms with Gasteiger partial charge in [0.2, 0.25) is 5.91 Å². The highest BCUT2D eigenvalue weighted by Crippen LogP contribution is 2.11. The molecule has 0 bridgehead atoms. The van der Waals surface area contributed by atoms with Crippen molar-refractivity contribution in [1.29, 1.82) is 0 Å². The molecule has 4 nitrogen and oxygen atoms in total. The first kappa shape index (κ1) is 17.4. The first-order valence-corrected chi connectivity index (χ1v) is 8.30. The van der Waals surface area contributed by atoms with Gasteiger partial charge >= 0.3 is 0 Å². The molecular weight excluding hydrogens is 250 g/mol. The van der Waals surface area contributed by atoms with Gasteiger partial charge in [0.05, 0.1) is 0 Å². The third-order valence-electron chi connectivity index (χ3n) is 4.27. The predicted molar refractivity (Wildman–Crippen MR) is 84.9 cm³/mol. The predicted octanol–water partition coefficient (Wildman–Crippen LogP) is 2.15. The van der Waals surface area contributed by atoms with Crippen molar-refractivity contribution in [2.75, 3.05) is 26.7 Å². The fraction of sp³-hybridized carbons (Fsp3) is 0.938. The molecule has 0 saturated carbocycles. The summed E-state index contributed by atoms with van der Waals surface area (Å²) in [6.45, 7) is 7.47. The van der Waals surface area contributed by atoms with E-state index in [0.29, 0.717) is 18.5 Å². The van der Waals surface area contributed by atoms with Crippen LogP contribution in [-0.4, -0.2) is 49.6 Å². The van der Waals surface area contributed by atoms with Gasteiger partial charge in [-0.05, 0) is 66.1 Å². The topological polar surface area (TPSA) is 44.4 Å². The van der Waals surface area contributed by atoms with Crippen LogP contribution in [0.5, 0.6) is 0 Å². The summed E-state index contributed by atoms with van der Waals surface area (Å²) in [7, 11) is 2.15.